The Balaban J connectivity index is 1.55. The highest BCUT2D eigenvalue weighted by Gasteiger charge is 2.36. The van der Waals surface area contributed by atoms with Gasteiger partial charge in [-0.25, -0.2) is 0 Å². The van der Waals surface area contributed by atoms with Gasteiger partial charge in [0.05, 0.1) is 4.92 Å². The van der Waals surface area contributed by atoms with Crippen molar-refractivity contribution >= 4 is 22.2 Å². The molecule has 0 bridgehead atoms. The van der Waals surface area contributed by atoms with Crippen molar-refractivity contribution < 1.29 is 22.8 Å². The second kappa shape index (κ2) is 6.82. The average Bonchev–Trinajstić information content (AvgIpc) is 3.06. The van der Waals surface area contributed by atoms with E-state index in [0.29, 0.717) is 43.0 Å². The van der Waals surface area contributed by atoms with Gasteiger partial charge in [0.1, 0.15) is 11.9 Å². The number of aromatic nitrogens is 2. The summed E-state index contributed by atoms with van der Waals surface area (Å²) in [6.45, 7) is 1.01. The molecule has 1 aliphatic heterocycles. The summed E-state index contributed by atoms with van der Waals surface area (Å²) >= 11 is 0.530. The van der Waals surface area contributed by atoms with Crippen LogP contribution in [0.1, 0.15) is 17.8 Å². The molecule has 1 fully saturated rings. The molecular weight excluding hydrogens is 361 g/mol. The Morgan fingerprint density at radius 2 is 1.84 bits per heavy atom. The number of rotatable bonds is 4. The highest BCUT2D eigenvalue weighted by Crippen LogP contribution is 2.35. The summed E-state index contributed by atoms with van der Waals surface area (Å²) in [5.74, 6) is 0.527. The summed E-state index contributed by atoms with van der Waals surface area (Å²) in [5.41, 5.74) is -0.0149. The molecule has 0 N–H and O–H groups in total. The zero-order valence-corrected chi connectivity index (χ0v) is 13.6. The molecule has 2 aromatic rings. The summed E-state index contributed by atoms with van der Waals surface area (Å²) in [6, 6.07) is 5.80. The highest BCUT2D eigenvalue weighted by atomic mass is 32.1. The number of nitrogens with zero attached hydrogens (tertiary/aromatic N) is 4. The van der Waals surface area contributed by atoms with E-state index in [9.17, 15) is 23.3 Å². The Kier molecular flexibility index (Phi) is 4.75. The number of hydrogen-bond donors (Lipinski definition) is 0. The van der Waals surface area contributed by atoms with Gasteiger partial charge < -0.3 is 9.64 Å². The van der Waals surface area contributed by atoms with Crippen LogP contribution in [0.2, 0.25) is 0 Å². The van der Waals surface area contributed by atoms with E-state index in [0.717, 1.165) is 0 Å². The Morgan fingerprint density at radius 3 is 2.36 bits per heavy atom. The number of piperidine rings is 1. The molecule has 1 saturated heterocycles. The number of ether oxygens (including phenoxy) is 1. The highest BCUT2D eigenvalue weighted by molar-refractivity contribution is 7.15. The predicted molar refractivity (Wildman–Crippen MR) is 83.9 cm³/mol. The van der Waals surface area contributed by atoms with Gasteiger partial charge in [-0.3, -0.25) is 10.1 Å². The van der Waals surface area contributed by atoms with E-state index in [1.165, 1.54) is 24.3 Å². The molecule has 1 aromatic carbocycles. The second-order valence-electron chi connectivity index (χ2n) is 5.44. The van der Waals surface area contributed by atoms with E-state index in [1.807, 2.05) is 0 Å². The van der Waals surface area contributed by atoms with E-state index in [2.05, 4.69) is 10.2 Å². The van der Waals surface area contributed by atoms with Crippen LogP contribution in [0.15, 0.2) is 24.3 Å². The maximum Gasteiger partial charge on any atom is 0.445 e. The van der Waals surface area contributed by atoms with Gasteiger partial charge >= 0.3 is 6.18 Å². The predicted octanol–water partition coefficient (Wildman–Crippen LogP) is 3.51. The van der Waals surface area contributed by atoms with Crippen molar-refractivity contribution in [3.05, 3.63) is 39.4 Å². The summed E-state index contributed by atoms with van der Waals surface area (Å²) in [7, 11) is 0. The molecule has 1 aromatic heterocycles. The van der Waals surface area contributed by atoms with Gasteiger partial charge in [-0.05, 0) is 12.1 Å². The van der Waals surface area contributed by atoms with E-state index >= 15 is 0 Å². The Labute approximate surface area is 144 Å². The standard InChI is InChI=1S/C14H13F3N4O3S/c15-14(16,17)12-18-19-13(25-12)20-7-5-11(6-8-20)24-10-3-1-9(2-4-10)21(22)23/h1-4,11H,5-8H2. The fourth-order valence-corrected chi connectivity index (χ4v) is 3.23. The van der Waals surface area contributed by atoms with Gasteiger partial charge in [-0.1, -0.05) is 11.3 Å². The molecule has 0 unspecified atom stereocenters. The number of benzene rings is 1. The van der Waals surface area contributed by atoms with Crippen molar-refractivity contribution in [3.8, 4) is 5.75 Å². The lowest BCUT2D eigenvalue weighted by atomic mass is 10.1. The summed E-state index contributed by atoms with van der Waals surface area (Å²) in [5, 5.41) is 16.7. The molecule has 7 nitrogen and oxygen atoms in total. The van der Waals surface area contributed by atoms with Crippen LogP contribution in [0.5, 0.6) is 5.75 Å². The number of hydrogen-bond acceptors (Lipinski definition) is 7. The lowest BCUT2D eigenvalue weighted by molar-refractivity contribution is -0.384. The molecule has 3 rings (SSSR count). The van der Waals surface area contributed by atoms with Crippen LogP contribution in [0.25, 0.3) is 0 Å². The van der Waals surface area contributed by atoms with Gasteiger partial charge in [-0.15, -0.1) is 10.2 Å². The zero-order valence-electron chi connectivity index (χ0n) is 12.8. The van der Waals surface area contributed by atoms with Crippen LogP contribution < -0.4 is 9.64 Å². The summed E-state index contributed by atoms with van der Waals surface area (Å²) in [6.07, 6.45) is -3.36. The van der Waals surface area contributed by atoms with Gasteiger partial charge in [-0.2, -0.15) is 13.2 Å². The molecule has 134 valence electrons. The maximum atomic E-state index is 12.6. The molecule has 0 amide bonds. The molecule has 0 saturated carbocycles. The van der Waals surface area contributed by atoms with Crippen molar-refractivity contribution in [1.82, 2.24) is 10.2 Å². The first-order valence-corrected chi connectivity index (χ1v) is 8.21. The van der Waals surface area contributed by atoms with Gasteiger partial charge in [0.25, 0.3) is 5.69 Å². The first-order chi connectivity index (χ1) is 11.8. The lowest BCUT2D eigenvalue weighted by Crippen LogP contribution is -2.38. The van der Waals surface area contributed by atoms with Crippen LogP contribution in [0.4, 0.5) is 24.0 Å². The normalized spacial score (nSPS) is 16.0. The fraction of sp³-hybridized carbons (Fsp3) is 0.429. The van der Waals surface area contributed by atoms with Crippen molar-refractivity contribution in [1.29, 1.82) is 0 Å². The molecule has 0 atom stereocenters. The molecule has 11 heteroatoms. The van der Waals surface area contributed by atoms with E-state index < -0.39 is 16.1 Å². The molecule has 25 heavy (non-hydrogen) atoms. The minimum absolute atomic E-state index is 0.0149. The minimum Gasteiger partial charge on any atom is -0.490 e. The number of anilines is 1. The Bertz CT molecular complexity index is 743. The van der Waals surface area contributed by atoms with E-state index in [1.54, 1.807) is 4.90 Å². The second-order valence-corrected chi connectivity index (χ2v) is 6.40. The summed E-state index contributed by atoms with van der Waals surface area (Å²) < 4.78 is 43.5. The first-order valence-electron chi connectivity index (χ1n) is 7.39. The summed E-state index contributed by atoms with van der Waals surface area (Å²) in [4.78, 5) is 11.9. The van der Waals surface area contributed by atoms with Gasteiger partial charge in [0, 0.05) is 38.1 Å². The van der Waals surface area contributed by atoms with Crippen molar-refractivity contribution in [2.45, 2.75) is 25.1 Å². The third-order valence-electron chi connectivity index (χ3n) is 3.72. The number of nitro benzene ring substituents is 1. The van der Waals surface area contributed by atoms with Crippen molar-refractivity contribution in [2.24, 2.45) is 0 Å². The average molecular weight is 374 g/mol. The Morgan fingerprint density at radius 1 is 1.20 bits per heavy atom. The number of non-ortho nitro benzene ring substituents is 1. The third kappa shape index (κ3) is 4.16. The number of nitro groups is 1. The number of alkyl halides is 3. The topological polar surface area (TPSA) is 81.4 Å². The van der Waals surface area contributed by atoms with Crippen LogP contribution in [0.3, 0.4) is 0 Å². The minimum atomic E-state index is -4.48. The third-order valence-corrected chi connectivity index (χ3v) is 4.75. The molecule has 1 aliphatic rings. The SMILES string of the molecule is O=[N+]([O-])c1ccc(OC2CCN(c3nnc(C(F)(F)F)s3)CC2)cc1. The van der Waals surface area contributed by atoms with Crippen LogP contribution >= 0.6 is 11.3 Å². The lowest BCUT2D eigenvalue weighted by Gasteiger charge is -2.31. The van der Waals surface area contributed by atoms with Crippen LogP contribution in [-0.4, -0.2) is 34.3 Å². The largest absolute Gasteiger partial charge is 0.490 e. The van der Waals surface area contributed by atoms with Gasteiger partial charge in [0.2, 0.25) is 10.1 Å². The monoisotopic (exact) mass is 374 g/mol. The quantitative estimate of drug-likeness (QED) is 0.602. The molecule has 0 aliphatic carbocycles. The molecule has 0 radical (unpaired) electrons. The number of halogens is 3. The maximum absolute atomic E-state index is 12.6. The zero-order chi connectivity index (χ0) is 18.0. The van der Waals surface area contributed by atoms with Crippen LogP contribution in [-0.2, 0) is 6.18 Å². The molecule has 0 spiro atoms. The van der Waals surface area contributed by atoms with E-state index in [-0.39, 0.29) is 16.9 Å². The Hall–Kier alpha value is -2.43. The molecule has 2 heterocycles. The molecular formula is C14H13F3N4O3S. The smallest absolute Gasteiger partial charge is 0.445 e. The van der Waals surface area contributed by atoms with Crippen molar-refractivity contribution in [3.63, 3.8) is 0 Å². The van der Waals surface area contributed by atoms with E-state index in [4.69, 9.17) is 4.74 Å². The first kappa shape index (κ1) is 17.4. The van der Waals surface area contributed by atoms with Gasteiger partial charge in [0.15, 0.2) is 0 Å². The van der Waals surface area contributed by atoms with Crippen LogP contribution in [0, 0.1) is 10.1 Å². The van der Waals surface area contributed by atoms with Crippen molar-refractivity contribution in [2.75, 3.05) is 18.0 Å². The fourth-order valence-electron chi connectivity index (χ4n) is 2.46.